The van der Waals surface area contributed by atoms with Crippen molar-refractivity contribution in [3.05, 3.63) is 52.4 Å². The summed E-state index contributed by atoms with van der Waals surface area (Å²) in [4.78, 5) is 13.9. The van der Waals surface area contributed by atoms with Crippen molar-refractivity contribution in [2.45, 2.75) is 12.4 Å². The molecule has 3 rings (SSSR count). The molecule has 0 bridgehead atoms. The Morgan fingerprint density at radius 1 is 0.885 bits per heavy atom. The molecule has 11 heteroatoms. The summed E-state index contributed by atoms with van der Waals surface area (Å²) in [5.74, 6) is -0.350. The van der Waals surface area contributed by atoms with Crippen molar-refractivity contribution in [1.82, 2.24) is 19.9 Å². The number of aromatic nitrogens is 4. The van der Waals surface area contributed by atoms with Crippen LogP contribution >= 0.6 is 15.9 Å². The average molecular weight is 437 g/mol. The molecular weight excluding hydrogens is 430 g/mol. The minimum absolute atomic E-state index is 0.0175. The fourth-order valence-corrected chi connectivity index (χ4v) is 2.38. The molecule has 136 valence electrons. The van der Waals surface area contributed by atoms with Crippen LogP contribution in [0.15, 0.2) is 41.1 Å². The van der Waals surface area contributed by atoms with Gasteiger partial charge >= 0.3 is 12.4 Å². The van der Waals surface area contributed by atoms with Crippen molar-refractivity contribution in [3.63, 3.8) is 0 Å². The summed E-state index contributed by atoms with van der Waals surface area (Å²) < 4.78 is 77.7. The van der Waals surface area contributed by atoms with Crippen LogP contribution in [0.4, 0.5) is 26.3 Å². The van der Waals surface area contributed by atoms with E-state index in [0.717, 1.165) is 24.3 Å². The van der Waals surface area contributed by atoms with Gasteiger partial charge in [-0.3, -0.25) is 0 Å². The Bertz CT molecular complexity index is 931. The minimum atomic E-state index is -4.76. The van der Waals surface area contributed by atoms with Gasteiger partial charge in [-0.05, 0) is 34.1 Å². The van der Waals surface area contributed by atoms with Gasteiger partial charge in [0.1, 0.15) is 10.3 Å². The number of rotatable bonds is 2. The molecule has 2 heterocycles. The number of aromatic amines is 1. The number of imidazole rings is 1. The zero-order chi connectivity index (χ0) is 19.1. The molecule has 0 aliphatic rings. The largest absolute Gasteiger partial charge is 0.433 e. The third kappa shape index (κ3) is 3.87. The highest BCUT2D eigenvalue weighted by molar-refractivity contribution is 9.10. The van der Waals surface area contributed by atoms with E-state index in [1.54, 1.807) is 0 Å². The summed E-state index contributed by atoms with van der Waals surface area (Å²) in [5, 5.41) is 0. The van der Waals surface area contributed by atoms with E-state index >= 15 is 0 Å². The number of nitrogens with zero attached hydrogens (tertiary/aromatic N) is 3. The maximum Gasteiger partial charge on any atom is 0.433 e. The van der Waals surface area contributed by atoms with Gasteiger partial charge in [0.2, 0.25) is 0 Å². The van der Waals surface area contributed by atoms with Crippen molar-refractivity contribution >= 4 is 15.9 Å². The molecule has 0 aliphatic heterocycles. The Morgan fingerprint density at radius 2 is 1.54 bits per heavy atom. The van der Waals surface area contributed by atoms with Crippen molar-refractivity contribution < 1.29 is 26.3 Å². The third-order valence-corrected chi connectivity index (χ3v) is 3.68. The van der Waals surface area contributed by atoms with Gasteiger partial charge < -0.3 is 4.98 Å². The van der Waals surface area contributed by atoms with E-state index < -0.39 is 23.6 Å². The zero-order valence-electron chi connectivity index (χ0n) is 12.5. The highest BCUT2D eigenvalue weighted by atomic mass is 79.9. The topological polar surface area (TPSA) is 54.5 Å². The quantitative estimate of drug-likeness (QED) is 0.552. The van der Waals surface area contributed by atoms with E-state index in [1.165, 1.54) is 6.20 Å². The number of hydrogen-bond acceptors (Lipinski definition) is 3. The Morgan fingerprint density at radius 3 is 2.04 bits per heavy atom. The smallest absolute Gasteiger partial charge is 0.330 e. The first-order valence-corrected chi connectivity index (χ1v) is 7.68. The van der Waals surface area contributed by atoms with Gasteiger partial charge in [-0.1, -0.05) is 12.1 Å². The monoisotopic (exact) mass is 436 g/mol. The molecule has 0 fully saturated rings. The van der Waals surface area contributed by atoms with E-state index in [0.29, 0.717) is 10.7 Å². The summed E-state index contributed by atoms with van der Waals surface area (Å²) in [6.45, 7) is 0. The predicted molar refractivity (Wildman–Crippen MR) is 82.8 cm³/mol. The number of alkyl halides is 6. The number of H-pyrrole nitrogens is 1. The SMILES string of the molecule is FC(F)(F)c1ccc(-c2cc(C(F)(F)F)nc(-c3ncc(Br)[nH]3)n2)cc1. The highest BCUT2D eigenvalue weighted by Crippen LogP contribution is 2.34. The normalized spacial score (nSPS) is 12.4. The van der Waals surface area contributed by atoms with Crippen LogP contribution in [0.25, 0.3) is 22.9 Å². The van der Waals surface area contributed by atoms with Crippen molar-refractivity contribution in [2.24, 2.45) is 0 Å². The lowest BCUT2D eigenvalue weighted by Crippen LogP contribution is -2.10. The number of halogens is 7. The van der Waals surface area contributed by atoms with Crippen molar-refractivity contribution in [3.8, 4) is 22.9 Å². The first-order valence-electron chi connectivity index (χ1n) is 6.89. The Hall–Kier alpha value is -2.43. The Kier molecular flexibility index (Phi) is 4.51. The van der Waals surface area contributed by atoms with Crippen LogP contribution in [-0.4, -0.2) is 19.9 Å². The second-order valence-corrected chi connectivity index (χ2v) is 5.97. The predicted octanol–water partition coefficient (Wildman–Crippen LogP) is 5.33. The maximum atomic E-state index is 13.1. The maximum absolute atomic E-state index is 13.1. The van der Waals surface area contributed by atoms with Gasteiger partial charge in [0.15, 0.2) is 11.6 Å². The van der Waals surface area contributed by atoms with Gasteiger partial charge in [-0.15, -0.1) is 0 Å². The van der Waals surface area contributed by atoms with Crippen LogP contribution in [0, 0.1) is 0 Å². The number of nitrogens with one attached hydrogen (secondary N) is 1. The first-order chi connectivity index (χ1) is 12.0. The number of benzene rings is 1. The molecule has 26 heavy (non-hydrogen) atoms. The molecule has 0 saturated heterocycles. The van der Waals surface area contributed by atoms with Crippen molar-refractivity contribution in [2.75, 3.05) is 0 Å². The molecule has 0 radical (unpaired) electrons. The number of hydrogen-bond donors (Lipinski definition) is 1. The third-order valence-electron chi connectivity index (χ3n) is 3.28. The summed E-state index contributed by atoms with van der Waals surface area (Å²) in [6, 6.07) is 4.31. The van der Waals surface area contributed by atoms with Crippen molar-refractivity contribution in [1.29, 1.82) is 0 Å². The summed E-state index contributed by atoms with van der Waals surface area (Å²) in [7, 11) is 0. The standard InChI is InChI=1S/C15H7BrF6N4/c16-11-6-23-12(26-11)13-24-9(5-10(25-13)15(20,21)22)7-1-3-8(4-2-7)14(17,18)19/h1-6H,(H,23,26). The molecule has 3 aromatic rings. The molecule has 0 spiro atoms. The molecule has 4 nitrogen and oxygen atoms in total. The van der Waals surface area contributed by atoms with E-state index in [-0.39, 0.29) is 22.9 Å². The van der Waals surface area contributed by atoms with Gasteiger partial charge in [0.05, 0.1) is 17.5 Å². The van der Waals surface area contributed by atoms with E-state index in [4.69, 9.17) is 0 Å². The molecule has 1 aromatic carbocycles. The fourth-order valence-electron chi connectivity index (χ4n) is 2.09. The summed E-state index contributed by atoms with van der Waals surface area (Å²) in [6.07, 6.45) is -7.99. The van der Waals surface area contributed by atoms with Crippen LogP contribution in [0.5, 0.6) is 0 Å². The second kappa shape index (κ2) is 6.38. The molecule has 0 aliphatic carbocycles. The molecule has 0 atom stereocenters. The molecule has 0 saturated carbocycles. The lowest BCUT2D eigenvalue weighted by molar-refractivity contribution is -0.141. The lowest BCUT2D eigenvalue weighted by Gasteiger charge is -2.11. The fraction of sp³-hybridized carbons (Fsp3) is 0.133. The van der Waals surface area contributed by atoms with Crippen LogP contribution in [0.1, 0.15) is 11.3 Å². The molecule has 0 unspecified atom stereocenters. The van der Waals surface area contributed by atoms with E-state index in [9.17, 15) is 26.3 Å². The van der Waals surface area contributed by atoms with Crippen LogP contribution < -0.4 is 0 Å². The van der Waals surface area contributed by atoms with Gasteiger partial charge in [0.25, 0.3) is 0 Å². The van der Waals surface area contributed by atoms with E-state index in [2.05, 4.69) is 35.9 Å². The van der Waals surface area contributed by atoms with Gasteiger partial charge in [-0.2, -0.15) is 26.3 Å². The average Bonchev–Trinajstić information content (AvgIpc) is 2.99. The Balaban J connectivity index is 2.11. The first kappa shape index (κ1) is 18.4. The van der Waals surface area contributed by atoms with Crippen LogP contribution in [0.3, 0.4) is 0 Å². The van der Waals surface area contributed by atoms with E-state index in [1.807, 2.05) is 0 Å². The van der Waals surface area contributed by atoms with Crippen LogP contribution in [-0.2, 0) is 12.4 Å². The molecule has 0 amide bonds. The Labute approximate surface area is 150 Å². The zero-order valence-corrected chi connectivity index (χ0v) is 14.0. The molecular formula is C15H7BrF6N4. The van der Waals surface area contributed by atoms with Crippen LogP contribution in [0.2, 0.25) is 0 Å². The molecule has 1 N–H and O–H groups in total. The summed E-state index contributed by atoms with van der Waals surface area (Å²) in [5.41, 5.74) is -2.24. The van der Waals surface area contributed by atoms with Gasteiger partial charge in [-0.25, -0.2) is 15.0 Å². The second-order valence-electron chi connectivity index (χ2n) is 5.11. The van der Waals surface area contributed by atoms with Gasteiger partial charge in [0, 0.05) is 5.56 Å². The summed E-state index contributed by atoms with van der Waals surface area (Å²) >= 11 is 3.08. The molecule has 2 aromatic heterocycles. The minimum Gasteiger partial charge on any atom is -0.330 e. The highest BCUT2D eigenvalue weighted by Gasteiger charge is 2.34. The lowest BCUT2D eigenvalue weighted by atomic mass is 10.1.